The predicted octanol–water partition coefficient (Wildman–Crippen LogP) is 3.25. The molecule has 2 fully saturated rings. The molecule has 3 nitrogen and oxygen atoms in total. The molecule has 0 saturated carbocycles. The van der Waals surface area contributed by atoms with Crippen molar-refractivity contribution in [2.24, 2.45) is 5.92 Å². The Morgan fingerprint density at radius 1 is 1.15 bits per heavy atom. The van der Waals surface area contributed by atoms with Crippen LogP contribution in [0, 0.1) is 19.8 Å². The van der Waals surface area contributed by atoms with Crippen molar-refractivity contribution >= 4 is 11.0 Å². The standard InChI is InChI=1S/C17H23N3/c1-10-5-11(2)17-15(6-10)19-16(20-17)9-12-7-13-3-4-14(8-12)18-13/h5-6,12-14,18H,3-4,7-9H2,1-2H3,(H,19,20). The second kappa shape index (κ2) is 4.59. The van der Waals surface area contributed by atoms with E-state index in [0.29, 0.717) is 0 Å². The van der Waals surface area contributed by atoms with Crippen LogP contribution in [0.2, 0.25) is 0 Å². The monoisotopic (exact) mass is 269 g/mol. The molecule has 2 bridgehead atoms. The van der Waals surface area contributed by atoms with E-state index in [2.05, 4.69) is 36.3 Å². The van der Waals surface area contributed by atoms with Crippen molar-refractivity contribution in [3.63, 3.8) is 0 Å². The average Bonchev–Trinajstić information content (AvgIpc) is 2.93. The van der Waals surface area contributed by atoms with Crippen LogP contribution in [0.4, 0.5) is 0 Å². The molecule has 2 aromatic rings. The minimum Gasteiger partial charge on any atom is -0.342 e. The second-order valence-electron chi connectivity index (χ2n) is 6.84. The molecule has 106 valence electrons. The van der Waals surface area contributed by atoms with Crippen LogP contribution in [0.15, 0.2) is 12.1 Å². The minimum absolute atomic E-state index is 0.770. The average molecular weight is 269 g/mol. The third-order valence-corrected chi connectivity index (χ3v) is 5.02. The van der Waals surface area contributed by atoms with Crippen molar-refractivity contribution in [3.05, 3.63) is 29.1 Å². The molecule has 3 heterocycles. The van der Waals surface area contributed by atoms with Gasteiger partial charge in [0.1, 0.15) is 5.82 Å². The first-order valence-corrected chi connectivity index (χ1v) is 7.89. The van der Waals surface area contributed by atoms with Gasteiger partial charge >= 0.3 is 0 Å². The fraction of sp³-hybridized carbons (Fsp3) is 0.588. The van der Waals surface area contributed by atoms with E-state index in [1.807, 2.05) is 0 Å². The van der Waals surface area contributed by atoms with Crippen molar-refractivity contribution in [2.75, 3.05) is 0 Å². The van der Waals surface area contributed by atoms with Crippen LogP contribution in [0.1, 0.15) is 42.6 Å². The quantitative estimate of drug-likeness (QED) is 0.878. The van der Waals surface area contributed by atoms with Gasteiger partial charge in [-0.2, -0.15) is 0 Å². The summed E-state index contributed by atoms with van der Waals surface area (Å²) in [6.07, 6.45) is 6.51. The number of aryl methyl sites for hydroxylation is 2. The van der Waals surface area contributed by atoms with Gasteiger partial charge in [0.15, 0.2) is 0 Å². The second-order valence-corrected chi connectivity index (χ2v) is 6.84. The third-order valence-electron chi connectivity index (χ3n) is 5.02. The van der Waals surface area contributed by atoms with Crippen LogP contribution in [-0.2, 0) is 6.42 Å². The first kappa shape index (κ1) is 12.4. The highest BCUT2D eigenvalue weighted by Gasteiger charge is 2.33. The van der Waals surface area contributed by atoms with Gasteiger partial charge in [0.05, 0.1) is 11.0 Å². The minimum atomic E-state index is 0.770. The predicted molar refractivity (Wildman–Crippen MR) is 81.9 cm³/mol. The lowest BCUT2D eigenvalue weighted by molar-refractivity contribution is 0.295. The summed E-state index contributed by atoms with van der Waals surface area (Å²) in [7, 11) is 0. The van der Waals surface area contributed by atoms with Crippen LogP contribution in [0.25, 0.3) is 11.0 Å². The summed E-state index contributed by atoms with van der Waals surface area (Å²) in [6, 6.07) is 5.97. The maximum absolute atomic E-state index is 4.84. The van der Waals surface area contributed by atoms with Gasteiger partial charge in [-0.05, 0) is 62.6 Å². The molecule has 2 atom stereocenters. The van der Waals surface area contributed by atoms with Gasteiger partial charge in [0.2, 0.25) is 0 Å². The van der Waals surface area contributed by atoms with Crippen LogP contribution in [-0.4, -0.2) is 22.1 Å². The largest absolute Gasteiger partial charge is 0.342 e. The maximum atomic E-state index is 4.84. The molecule has 0 radical (unpaired) electrons. The van der Waals surface area contributed by atoms with Crippen molar-refractivity contribution in [3.8, 4) is 0 Å². The molecule has 2 aliphatic heterocycles. The number of rotatable bonds is 2. The number of aromatic amines is 1. The van der Waals surface area contributed by atoms with Gasteiger partial charge in [-0.15, -0.1) is 0 Å². The molecular weight excluding hydrogens is 246 g/mol. The number of piperidine rings is 1. The van der Waals surface area contributed by atoms with Gasteiger partial charge in [-0.25, -0.2) is 4.98 Å². The Kier molecular flexibility index (Phi) is 2.84. The summed E-state index contributed by atoms with van der Waals surface area (Å²) >= 11 is 0. The van der Waals surface area contributed by atoms with E-state index < -0.39 is 0 Å². The number of hydrogen-bond acceptors (Lipinski definition) is 2. The van der Waals surface area contributed by atoms with Crippen molar-refractivity contribution in [2.45, 2.75) is 58.0 Å². The van der Waals surface area contributed by atoms with E-state index in [-0.39, 0.29) is 0 Å². The molecule has 0 spiro atoms. The van der Waals surface area contributed by atoms with E-state index in [0.717, 1.165) is 29.9 Å². The summed E-state index contributed by atoms with van der Waals surface area (Å²) in [6.45, 7) is 4.31. The van der Waals surface area contributed by atoms with Gasteiger partial charge < -0.3 is 10.3 Å². The van der Waals surface area contributed by atoms with Gasteiger partial charge in [-0.3, -0.25) is 0 Å². The molecule has 2 N–H and O–H groups in total. The molecule has 1 aromatic heterocycles. The molecule has 2 aliphatic rings. The van der Waals surface area contributed by atoms with Gasteiger partial charge in [0, 0.05) is 18.5 Å². The summed E-state index contributed by atoms with van der Waals surface area (Å²) < 4.78 is 0. The lowest BCUT2D eigenvalue weighted by Gasteiger charge is -2.28. The molecule has 4 rings (SSSR count). The number of nitrogens with one attached hydrogen (secondary N) is 2. The Morgan fingerprint density at radius 3 is 2.65 bits per heavy atom. The summed E-state index contributed by atoms with van der Waals surface area (Å²) in [5, 5.41) is 3.72. The molecule has 20 heavy (non-hydrogen) atoms. The van der Waals surface area contributed by atoms with E-state index >= 15 is 0 Å². The fourth-order valence-electron chi connectivity index (χ4n) is 4.23. The van der Waals surface area contributed by atoms with Crippen molar-refractivity contribution in [1.29, 1.82) is 0 Å². The number of H-pyrrole nitrogens is 1. The lowest BCUT2D eigenvalue weighted by Crippen LogP contribution is -2.38. The Balaban J connectivity index is 1.58. The lowest BCUT2D eigenvalue weighted by atomic mass is 9.89. The molecule has 1 aromatic carbocycles. The summed E-state index contributed by atoms with van der Waals surface area (Å²) in [5.41, 5.74) is 4.95. The van der Waals surface area contributed by atoms with Gasteiger partial charge in [-0.1, -0.05) is 6.07 Å². The molecule has 0 amide bonds. The number of aromatic nitrogens is 2. The number of fused-ring (bicyclic) bond motifs is 3. The van der Waals surface area contributed by atoms with E-state index in [1.165, 1.54) is 48.2 Å². The van der Waals surface area contributed by atoms with Crippen LogP contribution in [0.3, 0.4) is 0 Å². The molecule has 2 saturated heterocycles. The normalized spacial score (nSPS) is 29.2. The zero-order valence-corrected chi connectivity index (χ0v) is 12.4. The van der Waals surface area contributed by atoms with Crippen LogP contribution < -0.4 is 5.32 Å². The topological polar surface area (TPSA) is 40.7 Å². The fourth-order valence-corrected chi connectivity index (χ4v) is 4.23. The zero-order valence-electron chi connectivity index (χ0n) is 12.4. The first-order valence-electron chi connectivity index (χ1n) is 7.89. The smallest absolute Gasteiger partial charge is 0.107 e. The van der Waals surface area contributed by atoms with Crippen LogP contribution in [0.5, 0.6) is 0 Å². The molecular formula is C17H23N3. The van der Waals surface area contributed by atoms with E-state index in [9.17, 15) is 0 Å². The number of hydrogen-bond donors (Lipinski definition) is 2. The van der Waals surface area contributed by atoms with E-state index in [4.69, 9.17) is 4.98 Å². The number of imidazole rings is 1. The van der Waals surface area contributed by atoms with Crippen molar-refractivity contribution < 1.29 is 0 Å². The Bertz CT molecular complexity index is 631. The third kappa shape index (κ3) is 2.14. The van der Waals surface area contributed by atoms with Crippen LogP contribution >= 0.6 is 0 Å². The maximum Gasteiger partial charge on any atom is 0.107 e. The highest BCUT2D eigenvalue weighted by atomic mass is 15.0. The Labute approximate surface area is 120 Å². The first-order chi connectivity index (χ1) is 9.67. The summed E-state index contributed by atoms with van der Waals surface area (Å²) in [5.74, 6) is 1.98. The van der Waals surface area contributed by atoms with E-state index in [1.54, 1.807) is 0 Å². The summed E-state index contributed by atoms with van der Waals surface area (Å²) in [4.78, 5) is 8.39. The van der Waals surface area contributed by atoms with Crippen molar-refractivity contribution in [1.82, 2.24) is 15.3 Å². The SMILES string of the molecule is Cc1cc(C)c2nc(CC3CC4CCC(C3)N4)[nH]c2c1. The Hall–Kier alpha value is -1.35. The molecule has 2 unspecified atom stereocenters. The highest BCUT2D eigenvalue weighted by molar-refractivity contribution is 5.79. The molecule has 0 aliphatic carbocycles. The number of benzene rings is 1. The van der Waals surface area contributed by atoms with Gasteiger partial charge in [0.25, 0.3) is 0 Å². The number of nitrogens with zero attached hydrogens (tertiary/aromatic N) is 1. The zero-order chi connectivity index (χ0) is 13.7. The Morgan fingerprint density at radius 2 is 1.90 bits per heavy atom. The highest BCUT2D eigenvalue weighted by Crippen LogP contribution is 2.32. The molecule has 3 heteroatoms.